The zero-order chi connectivity index (χ0) is 10.3. The zero-order valence-corrected chi connectivity index (χ0v) is 9.29. The summed E-state index contributed by atoms with van der Waals surface area (Å²) in [6.07, 6.45) is 9.61. The van der Waals surface area contributed by atoms with Crippen molar-refractivity contribution in [2.24, 2.45) is 11.3 Å². The van der Waals surface area contributed by atoms with Gasteiger partial charge in [0.25, 0.3) is 0 Å². The molecule has 2 aliphatic rings. The maximum absolute atomic E-state index is 4.11. The predicted octanol–water partition coefficient (Wildman–Crippen LogP) is 2.99. The van der Waals surface area contributed by atoms with Gasteiger partial charge in [-0.1, -0.05) is 0 Å². The quantitative estimate of drug-likeness (QED) is 0.812. The van der Waals surface area contributed by atoms with Crippen LogP contribution in [-0.2, 0) is 0 Å². The number of nitrogens with one attached hydrogen (secondary N) is 1. The molecule has 2 saturated carbocycles. The van der Waals surface area contributed by atoms with Gasteiger partial charge in [0.1, 0.15) is 0 Å². The summed E-state index contributed by atoms with van der Waals surface area (Å²) in [4.78, 5) is 4.11. The van der Waals surface area contributed by atoms with E-state index in [1.54, 1.807) is 0 Å². The van der Waals surface area contributed by atoms with Gasteiger partial charge in [-0.2, -0.15) is 0 Å². The Kier molecular flexibility index (Phi) is 1.98. The molecule has 0 amide bonds. The molecule has 0 atom stereocenters. The molecule has 80 valence electrons. The van der Waals surface area contributed by atoms with E-state index in [0.717, 1.165) is 5.92 Å². The first-order valence-electron chi connectivity index (χ1n) is 5.95. The van der Waals surface area contributed by atoms with Gasteiger partial charge in [0.2, 0.25) is 0 Å². The number of anilines is 1. The minimum atomic E-state index is 0.676. The molecule has 1 aromatic heterocycles. The van der Waals surface area contributed by atoms with E-state index in [2.05, 4.69) is 23.3 Å². The Hall–Kier alpha value is -1.05. The summed E-state index contributed by atoms with van der Waals surface area (Å²) in [6.45, 7) is 3.29. The van der Waals surface area contributed by atoms with Gasteiger partial charge in [0, 0.05) is 24.6 Å². The highest BCUT2D eigenvalue weighted by Crippen LogP contribution is 2.61. The molecule has 1 aromatic rings. The predicted molar refractivity (Wildman–Crippen MR) is 61.9 cm³/mol. The normalized spacial score (nSPS) is 22.5. The topological polar surface area (TPSA) is 24.9 Å². The Morgan fingerprint density at radius 3 is 2.87 bits per heavy atom. The summed E-state index contributed by atoms with van der Waals surface area (Å²) in [5, 5.41) is 3.60. The molecule has 0 saturated heterocycles. The van der Waals surface area contributed by atoms with E-state index in [0.29, 0.717) is 5.41 Å². The molecule has 0 unspecified atom stereocenters. The third-order valence-corrected chi connectivity index (χ3v) is 3.99. The van der Waals surface area contributed by atoms with Crippen LogP contribution in [0.1, 0.15) is 31.2 Å². The zero-order valence-electron chi connectivity index (χ0n) is 9.29. The summed E-state index contributed by atoms with van der Waals surface area (Å²) in [6, 6.07) is 2.08. The van der Waals surface area contributed by atoms with Crippen LogP contribution in [0.4, 0.5) is 5.69 Å². The fourth-order valence-electron chi connectivity index (χ4n) is 2.53. The van der Waals surface area contributed by atoms with Crippen molar-refractivity contribution >= 4 is 5.69 Å². The molecule has 0 radical (unpaired) electrons. The van der Waals surface area contributed by atoms with Crippen molar-refractivity contribution in [2.45, 2.75) is 32.6 Å². The molecule has 2 nitrogen and oxygen atoms in total. The molecule has 0 aromatic carbocycles. The highest BCUT2D eigenvalue weighted by molar-refractivity contribution is 5.49. The van der Waals surface area contributed by atoms with Crippen LogP contribution in [0.3, 0.4) is 0 Å². The van der Waals surface area contributed by atoms with Crippen LogP contribution in [0, 0.1) is 18.3 Å². The summed E-state index contributed by atoms with van der Waals surface area (Å²) in [5.74, 6) is 1.03. The first-order chi connectivity index (χ1) is 7.30. The molecule has 0 aliphatic heterocycles. The number of pyridine rings is 1. The lowest BCUT2D eigenvalue weighted by Crippen LogP contribution is -2.17. The van der Waals surface area contributed by atoms with Gasteiger partial charge in [-0.05, 0) is 55.6 Å². The average molecular weight is 202 g/mol. The fourth-order valence-corrected chi connectivity index (χ4v) is 2.53. The Morgan fingerprint density at radius 1 is 1.47 bits per heavy atom. The minimum absolute atomic E-state index is 0.676. The van der Waals surface area contributed by atoms with Gasteiger partial charge in [0.15, 0.2) is 0 Å². The van der Waals surface area contributed by atoms with E-state index in [1.165, 1.54) is 43.5 Å². The van der Waals surface area contributed by atoms with E-state index in [4.69, 9.17) is 0 Å². The molecule has 2 heteroatoms. The maximum atomic E-state index is 4.11. The number of aromatic nitrogens is 1. The Bertz CT molecular complexity index is 365. The molecular formula is C13H18N2. The fraction of sp³-hybridized carbons (Fsp3) is 0.615. The van der Waals surface area contributed by atoms with Crippen molar-refractivity contribution in [1.82, 2.24) is 4.98 Å². The van der Waals surface area contributed by atoms with Crippen LogP contribution in [0.2, 0.25) is 0 Å². The molecule has 2 aliphatic carbocycles. The van der Waals surface area contributed by atoms with Crippen LogP contribution in [0.25, 0.3) is 0 Å². The van der Waals surface area contributed by atoms with Crippen molar-refractivity contribution in [1.29, 1.82) is 0 Å². The molecule has 2 fully saturated rings. The summed E-state index contributed by atoms with van der Waals surface area (Å²) in [7, 11) is 0. The minimum Gasteiger partial charge on any atom is -0.384 e. The van der Waals surface area contributed by atoms with Crippen molar-refractivity contribution in [2.75, 3.05) is 11.9 Å². The number of aryl methyl sites for hydroxylation is 1. The second-order valence-electron chi connectivity index (χ2n) is 5.18. The number of hydrogen-bond donors (Lipinski definition) is 1. The van der Waals surface area contributed by atoms with Crippen LogP contribution >= 0.6 is 0 Å². The number of rotatable bonds is 4. The summed E-state index contributed by atoms with van der Waals surface area (Å²) < 4.78 is 0. The lowest BCUT2D eigenvalue weighted by Gasteiger charge is -2.16. The highest BCUT2D eigenvalue weighted by atomic mass is 14.9. The second kappa shape index (κ2) is 3.22. The average Bonchev–Trinajstić information content (AvgIpc) is 3.10. The lowest BCUT2D eigenvalue weighted by atomic mass is 10.0. The smallest absolute Gasteiger partial charge is 0.0400 e. The Morgan fingerprint density at radius 2 is 2.27 bits per heavy atom. The first-order valence-corrected chi connectivity index (χ1v) is 5.95. The van der Waals surface area contributed by atoms with Gasteiger partial charge in [-0.3, -0.25) is 4.98 Å². The Labute approximate surface area is 91.1 Å². The molecule has 1 heterocycles. The maximum Gasteiger partial charge on any atom is 0.0400 e. The number of hydrogen-bond acceptors (Lipinski definition) is 2. The van der Waals surface area contributed by atoms with Crippen LogP contribution in [0.15, 0.2) is 18.5 Å². The SMILES string of the molecule is Cc1cnccc1NCC1(C2CC2)CC1. The van der Waals surface area contributed by atoms with E-state index in [-0.39, 0.29) is 0 Å². The van der Waals surface area contributed by atoms with Crippen molar-refractivity contribution in [3.63, 3.8) is 0 Å². The highest BCUT2D eigenvalue weighted by Gasteiger charge is 2.53. The van der Waals surface area contributed by atoms with Gasteiger partial charge >= 0.3 is 0 Å². The standard InChI is InChI=1S/C13H18N2/c1-10-8-14-7-4-12(10)15-9-13(5-6-13)11-2-3-11/h4,7-8,11H,2-3,5-6,9H2,1H3,(H,14,15). The van der Waals surface area contributed by atoms with Crippen molar-refractivity contribution in [3.8, 4) is 0 Å². The Balaban J connectivity index is 1.64. The van der Waals surface area contributed by atoms with E-state index in [1.807, 2.05) is 12.4 Å². The molecule has 15 heavy (non-hydrogen) atoms. The largest absolute Gasteiger partial charge is 0.384 e. The molecular weight excluding hydrogens is 184 g/mol. The molecule has 0 bridgehead atoms. The summed E-state index contributed by atoms with van der Waals surface area (Å²) in [5.41, 5.74) is 3.19. The van der Waals surface area contributed by atoms with Crippen molar-refractivity contribution < 1.29 is 0 Å². The monoisotopic (exact) mass is 202 g/mol. The molecule has 0 spiro atoms. The van der Waals surface area contributed by atoms with E-state index in [9.17, 15) is 0 Å². The van der Waals surface area contributed by atoms with Crippen LogP contribution in [0.5, 0.6) is 0 Å². The van der Waals surface area contributed by atoms with E-state index < -0.39 is 0 Å². The van der Waals surface area contributed by atoms with Gasteiger partial charge in [-0.15, -0.1) is 0 Å². The number of nitrogens with zero attached hydrogens (tertiary/aromatic N) is 1. The van der Waals surface area contributed by atoms with Crippen LogP contribution in [-0.4, -0.2) is 11.5 Å². The van der Waals surface area contributed by atoms with Gasteiger partial charge in [-0.25, -0.2) is 0 Å². The van der Waals surface area contributed by atoms with Gasteiger partial charge in [0.05, 0.1) is 0 Å². The van der Waals surface area contributed by atoms with Crippen molar-refractivity contribution in [3.05, 3.63) is 24.0 Å². The van der Waals surface area contributed by atoms with Crippen LogP contribution < -0.4 is 5.32 Å². The summed E-state index contributed by atoms with van der Waals surface area (Å²) >= 11 is 0. The third kappa shape index (κ3) is 1.73. The van der Waals surface area contributed by atoms with E-state index >= 15 is 0 Å². The first kappa shape index (κ1) is 9.20. The van der Waals surface area contributed by atoms with Gasteiger partial charge < -0.3 is 5.32 Å². The lowest BCUT2D eigenvalue weighted by molar-refractivity contribution is 0.467. The molecule has 3 rings (SSSR count). The second-order valence-corrected chi connectivity index (χ2v) is 5.18. The molecule has 1 N–H and O–H groups in total. The third-order valence-electron chi connectivity index (χ3n) is 3.99.